The number of fused-ring (bicyclic) bond motifs is 3. The summed E-state index contributed by atoms with van der Waals surface area (Å²) in [5, 5.41) is 4.79. The maximum absolute atomic E-state index is 11.7. The highest BCUT2D eigenvalue weighted by atomic mass is 16.7. The summed E-state index contributed by atoms with van der Waals surface area (Å²) >= 11 is 0. The van der Waals surface area contributed by atoms with Crippen LogP contribution in [0.3, 0.4) is 0 Å². The summed E-state index contributed by atoms with van der Waals surface area (Å²) in [6.45, 7) is 0. The van der Waals surface area contributed by atoms with E-state index in [2.05, 4.69) is 16.3 Å². The first-order valence-electron chi connectivity index (χ1n) is 8.17. The van der Waals surface area contributed by atoms with Crippen molar-refractivity contribution in [1.29, 1.82) is 0 Å². The van der Waals surface area contributed by atoms with Crippen LogP contribution in [0.25, 0.3) is 0 Å². The van der Waals surface area contributed by atoms with Gasteiger partial charge in [0.15, 0.2) is 5.72 Å². The third-order valence-corrected chi connectivity index (χ3v) is 5.70. The monoisotopic (exact) mass is 300 g/mol. The highest BCUT2D eigenvalue weighted by molar-refractivity contribution is 6.02. The van der Waals surface area contributed by atoms with Gasteiger partial charge in [-0.2, -0.15) is 5.43 Å². The van der Waals surface area contributed by atoms with Crippen LogP contribution < -0.4 is 21.4 Å². The number of hydrogen-bond donors (Lipinski definition) is 3. The molecule has 5 aliphatic rings. The molecule has 2 aliphatic heterocycles. The molecule has 2 bridgehead atoms. The average molecular weight is 300 g/mol. The summed E-state index contributed by atoms with van der Waals surface area (Å²) in [6.07, 6.45) is 6.63. The highest BCUT2D eigenvalue weighted by Crippen LogP contribution is 2.49. The molecule has 0 radical (unpaired) electrons. The lowest BCUT2D eigenvalue weighted by Crippen LogP contribution is -2.57. The van der Waals surface area contributed by atoms with Gasteiger partial charge in [0.2, 0.25) is 5.91 Å². The largest absolute Gasteiger partial charge is 0.324 e. The number of amides is 1. The zero-order valence-corrected chi connectivity index (χ0v) is 12.4. The Bertz CT molecular complexity index is 641. The molecular weight excluding hydrogens is 280 g/mol. The van der Waals surface area contributed by atoms with Gasteiger partial charge >= 0.3 is 0 Å². The van der Waals surface area contributed by atoms with Crippen LogP contribution in [-0.2, 0) is 16.1 Å². The molecule has 1 saturated heterocycles. The lowest BCUT2D eigenvalue weighted by molar-refractivity contribution is -0.153. The fourth-order valence-corrected chi connectivity index (χ4v) is 4.58. The molecule has 1 spiro atoms. The fourth-order valence-electron chi connectivity index (χ4n) is 4.58. The lowest BCUT2D eigenvalue weighted by atomic mass is 9.66. The summed E-state index contributed by atoms with van der Waals surface area (Å²) in [4.78, 5) is 17.7. The Morgan fingerprint density at radius 1 is 1.23 bits per heavy atom. The third kappa shape index (κ3) is 1.74. The first kappa shape index (κ1) is 12.9. The van der Waals surface area contributed by atoms with E-state index in [1.807, 2.05) is 23.3 Å². The Kier molecular flexibility index (Phi) is 2.60. The number of carbonyl (C=O) groups excluding carboxylic acids is 1. The van der Waals surface area contributed by atoms with Gasteiger partial charge in [-0.15, -0.1) is 0 Å². The fraction of sp³-hybridized carbons (Fsp3) is 0.562. The maximum Gasteiger partial charge on any atom is 0.228 e. The quantitative estimate of drug-likeness (QED) is 0.738. The van der Waals surface area contributed by atoms with Crippen molar-refractivity contribution in [1.82, 2.24) is 11.0 Å². The van der Waals surface area contributed by atoms with Crippen molar-refractivity contribution >= 4 is 17.3 Å². The summed E-state index contributed by atoms with van der Waals surface area (Å²) in [6, 6.07) is 5.97. The molecule has 1 aromatic rings. The van der Waals surface area contributed by atoms with Gasteiger partial charge in [-0.05, 0) is 49.7 Å². The molecule has 0 aromatic heterocycles. The number of anilines is 2. The van der Waals surface area contributed by atoms with Gasteiger partial charge in [0.25, 0.3) is 0 Å². The first-order valence-corrected chi connectivity index (χ1v) is 8.17. The molecule has 6 rings (SSSR count). The highest BCUT2D eigenvalue weighted by Gasteiger charge is 2.53. The zero-order valence-electron chi connectivity index (χ0n) is 12.4. The third-order valence-electron chi connectivity index (χ3n) is 5.70. The second-order valence-electron chi connectivity index (χ2n) is 6.99. The minimum atomic E-state index is -0.285. The smallest absolute Gasteiger partial charge is 0.228 e. The van der Waals surface area contributed by atoms with Gasteiger partial charge in [-0.25, -0.2) is 5.12 Å². The van der Waals surface area contributed by atoms with Gasteiger partial charge in [0, 0.05) is 5.92 Å². The molecule has 1 aromatic carbocycles. The molecule has 3 saturated carbocycles. The molecule has 4 fully saturated rings. The Morgan fingerprint density at radius 2 is 2.09 bits per heavy atom. The molecule has 6 nitrogen and oxygen atoms in total. The second kappa shape index (κ2) is 4.44. The van der Waals surface area contributed by atoms with E-state index in [0.717, 1.165) is 29.3 Å². The number of rotatable bonds is 1. The number of hydrogen-bond acceptors (Lipinski definition) is 5. The number of nitrogens with zero attached hydrogens (tertiary/aromatic N) is 1. The predicted octanol–water partition coefficient (Wildman–Crippen LogP) is 1.85. The summed E-state index contributed by atoms with van der Waals surface area (Å²) < 4.78 is 0. The summed E-state index contributed by atoms with van der Waals surface area (Å²) in [5.74, 6) is 1.37. The molecule has 0 unspecified atom stereocenters. The standard InChI is InChI=1S/C16H20N4O2/c21-14-8-11-2-1-3-13(15(11)17-14)20-18-16(22-19-20)9-10-4-6-12(16)7-5-10/h1-3,10,12,18-19H,4-9H2,(H,17,21)/t10?,12?,16-/m1/s1. The molecular formula is C16H20N4O2. The van der Waals surface area contributed by atoms with Crippen molar-refractivity contribution in [2.75, 3.05) is 10.4 Å². The van der Waals surface area contributed by atoms with Crippen LogP contribution in [0.15, 0.2) is 18.2 Å². The van der Waals surface area contributed by atoms with Crippen molar-refractivity contribution in [3.8, 4) is 0 Å². The summed E-state index contributed by atoms with van der Waals surface area (Å²) in [7, 11) is 0. The first-order chi connectivity index (χ1) is 10.7. The van der Waals surface area contributed by atoms with Crippen LogP contribution in [0.2, 0.25) is 0 Å². The minimum absolute atomic E-state index is 0.0500. The van der Waals surface area contributed by atoms with Crippen LogP contribution in [0.4, 0.5) is 11.4 Å². The normalized spacial score (nSPS) is 36.0. The van der Waals surface area contributed by atoms with Gasteiger partial charge in [0.1, 0.15) is 0 Å². The number of carbonyl (C=O) groups is 1. The van der Waals surface area contributed by atoms with E-state index >= 15 is 0 Å². The van der Waals surface area contributed by atoms with Crippen LogP contribution >= 0.6 is 0 Å². The number of hydrazine groups is 2. The Balaban J connectivity index is 1.45. The maximum atomic E-state index is 11.7. The van der Waals surface area contributed by atoms with Gasteiger partial charge in [-0.3, -0.25) is 9.63 Å². The van der Waals surface area contributed by atoms with Crippen molar-refractivity contribution in [2.24, 2.45) is 11.8 Å². The van der Waals surface area contributed by atoms with E-state index in [-0.39, 0.29) is 11.6 Å². The predicted molar refractivity (Wildman–Crippen MR) is 81.4 cm³/mol. The van der Waals surface area contributed by atoms with E-state index < -0.39 is 0 Å². The van der Waals surface area contributed by atoms with E-state index in [4.69, 9.17) is 4.84 Å². The van der Waals surface area contributed by atoms with E-state index in [1.165, 1.54) is 25.7 Å². The van der Waals surface area contributed by atoms with Crippen molar-refractivity contribution in [3.05, 3.63) is 23.8 Å². The lowest BCUT2D eigenvalue weighted by Gasteiger charge is -2.47. The SMILES string of the molecule is O=C1Cc2cccc(N3NO[C@@]4(CC5CCC4CC5)N3)c2N1. The Morgan fingerprint density at radius 3 is 2.86 bits per heavy atom. The number of nitrogens with one attached hydrogen (secondary N) is 3. The van der Waals surface area contributed by atoms with Gasteiger partial charge in [-0.1, -0.05) is 17.7 Å². The number of benzene rings is 1. The Hall–Kier alpha value is -1.63. The molecule has 22 heavy (non-hydrogen) atoms. The second-order valence-corrected chi connectivity index (χ2v) is 6.99. The van der Waals surface area contributed by atoms with Crippen molar-refractivity contribution in [3.63, 3.8) is 0 Å². The molecule has 6 heteroatoms. The van der Waals surface area contributed by atoms with E-state index in [0.29, 0.717) is 12.3 Å². The molecule has 116 valence electrons. The van der Waals surface area contributed by atoms with Gasteiger partial charge < -0.3 is 5.32 Å². The molecule has 1 atom stereocenters. The molecule has 2 heterocycles. The number of para-hydroxylation sites is 1. The van der Waals surface area contributed by atoms with Crippen molar-refractivity contribution < 1.29 is 9.63 Å². The van der Waals surface area contributed by atoms with Crippen LogP contribution in [0.1, 0.15) is 37.7 Å². The zero-order chi connectivity index (χ0) is 14.7. The summed E-state index contributed by atoms with van der Waals surface area (Å²) in [5.41, 5.74) is 9.14. The molecule has 3 aliphatic carbocycles. The molecule has 1 amide bonds. The van der Waals surface area contributed by atoms with Crippen molar-refractivity contribution in [2.45, 2.75) is 44.2 Å². The average Bonchev–Trinajstić information content (AvgIpc) is 3.11. The minimum Gasteiger partial charge on any atom is -0.324 e. The van der Waals surface area contributed by atoms with E-state index in [1.54, 1.807) is 0 Å². The van der Waals surface area contributed by atoms with Crippen LogP contribution in [0, 0.1) is 11.8 Å². The van der Waals surface area contributed by atoms with Crippen LogP contribution in [-0.4, -0.2) is 11.6 Å². The van der Waals surface area contributed by atoms with Crippen LogP contribution in [0.5, 0.6) is 0 Å². The topological polar surface area (TPSA) is 65.6 Å². The molecule has 3 N–H and O–H groups in total. The Labute approximate surface area is 129 Å². The van der Waals surface area contributed by atoms with Gasteiger partial charge in [0.05, 0.1) is 17.8 Å². The van der Waals surface area contributed by atoms with E-state index in [9.17, 15) is 4.79 Å².